The van der Waals surface area contributed by atoms with Crippen LogP contribution in [0.4, 0.5) is 0 Å². The number of imidazole rings is 1. The molecular weight excluding hydrogens is 272 g/mol. The van der Waals surface area contributed by atoms with Gasteiger partial charge in [0.05, 0.1) is 11.1 Å². The molecule has 0 saturated carbocycles. The average molecular weight is 286 g/mol. The van der Waals surface area contributed by atoms with Crippen LogP contribution in [0.2, 0.25) is 0 Å². The lowest BCUT2D eigenvalue weighted by atomic mass is 10.2. The lowest BCUT2D eigenvalue weighted by Gasteiger charge is -2.04. The minimum Gasteiger partial charge on any atom is -0.478 e. The van der Waals surface area contributed by atoms with Crippen molar-refractivity contribution in [1.82, 2.24) is 19.7 Å². The Labute approximate surface area is 120 Å². The number of aromatic carboxylic acids is 1. The number of carboxylic acid groups (broad SMARTS) is 1. The number of benzene rings is 1. The monoisotopic (exact) mass is 286 g/mol. The molecule has 2 aromatic heterocycles. The van der Waals surface area contributed by atoms with E-state index in [9.17, 15) is 9.90 Å². The zero-order valence-corrected chi connectivity index (χ0v) is 11.7. The van der Waals surface area contributed by atoms with Crippen molar-refractivity contribution in [2.75, 3.05) is 0 Å². The molecule has 108 valence electrons. The van der Waals surface area contributed by atoms with Gasteiger partial charge >= 0.3 is 5.97 Å². The highest BCUT2D eigenvalue weighted by Crippen LogP contribution is 2.20. The number of fused-ring (bicyclic) bond motifs is 1. The summed E-state index contributed by atoms with van der Waals surface area (Å²) in [7, 11) is 0. The Morgan fingerprint density at radius 2 is 2.14 bits per heavy atom. The van der Waals surface area contributed by atoms with Crippen molar-refractivity contribution in [1.29, 1.82) is 0 Å². The summed E-state index contributed by atoms with van der Waals surface area (Å²) in [5, 5.41) is 13.0. The molecule has 1 aromatic carbocycles. The lowest BCUT2D eigenvalue weighted by Crippen LogP contribution is -2.04. The number of carboxylic acids is 1. The first-order valence-electron chi connectivity index (χ1n) is 6.54. The van der Waals surface area contributed by atoms with Crippen LogP contribution in [0.5, 0.6) is 0 Å². The van der Waals surface area contributed by atoms with Crippen LogP contribution in [0.25, 0.3) is 11.0 Å². The van der Waals surface area contributed by atoms with Gasteiger partial charge < -0.3 is 14.2 Å². The number of aromatic nitrogens is 4. The highest BCUT2D eigenvalue weighted by Gasteiger charge is 2.15. The second-order valence-electron chi connectivity index (χ2n) is 4.77. The molecule has 0 amide bonds. The number of aryl methyl sites for hydroxylation is 4. The Morgan fingerprint density at radius 3 is 2.81 bits per heavy atom. The molecule has 7 heteroatoms. The van der Waals surface area contributed by atoms with Crippen LogP contribution in [0, 0.1) is 13.8 Å². The Balaban J connectivity index is 1.97. The van der Waals surface area contributed by atoms with E-state index in [0.29, 0.717) is 30.2 Å². The molecule has 7 nitrogen and oxygen atoms in total. The second kappa shape index (κ2) is 5.01. The van der Waals surface area contributed by atoms with Crippen molar-refractivity contribution in [3.8, 4) is 0 Å². The van der Waals surface area contributed by atoms with Gasteiger partial charge in [0.1, 0.15) is 11.3 Å². The summed E-state index contributed by atoms with van der Waals surface area (Å²) in [5.41, 5.74) is 1.51. The van der Waals surface area contributed by atoms with Gasteiger partial charge in [0.15, 0.2) is 5.82 Å². The maximum atomic E-state index is 11.2. The van der Waals surface area contributed by atoms with E-state index in [1.165, 1.54) is 0 Å². The van der Waals surface area contributed by atoms with Gasteiger partial charge in [-0.3, -0.25) is 0 Å². The Bertz CT molecular complexity index is 819. The predicted molar refractivity (Wildman–Crippen MR) is 74.2 cm³/mol. The number of nitrogens with zero attached hydrogens (tertiary/aromatic N) is 4. The van der Waals surface area contributed by atoms with Gasteiger partial charge in [-0.2, -0.15) is 4.98 Å². The molecule has 2 heterocycles. The van der Waals surface area contributed by atoms with Crippen molar-refractivity contribution < 1.29 is 14.4 Å². The summed E-state index contributed by atoms with van der Waals surface area (Å²) >= 11 is 0. The van der Waals surface area contributed by atoms with E-state index < -0.39 is 5.97 Å². The number of hydrogen-bond acceptors (Lipinski definition) is 5. The van der Waals surface area contributed by atoms with Crippen LogP contribution in [0.1, 0.15) is 27.9 Å². The third-order valence-electron chi connectivity index (χ3n) is 3.32. The van der Waals surface area contributed by atoms with E-state index in [0.717, 1.165) is 11.3 Å². The maximum absolute atomic E-state index is 11.2. The highest BCUT2D eigenvalue weighted by atomic mass is 16.5. The first-order valence-corrected chi connectivity index (χ1v) is 6.54. The van der Waals surface area contributed by atoms with E-state index in [4.69, 9.17) is 4.52 Å². The molecule has 0 saturated heterocycles. The van der Waals surface area contributed by atoms with E-state index in [-0.39, 0.29) is 5.56 Å². The Morgan fingerprint density at radius 1 is 1.33 bits per heavy atom. The lowest BCUT2D eigenvalue weighted by molar-refractivity contribution is 0.0699. The van der Waals surface area contributed by atoms with Crippen molar-refractivity contribution in [3.05, 3.63) is 41.3 Å². The summed E-state index contributed by atoms with van der Waals surface area (Å²) in [4.78, 5) is 19.8. The van der Waals surface area contributed by atoms with Crippen molar-refractivity contribution in [2.45, 2.75) is 26.8 Å². The van der Waals surface area contributed by atoms with E-state index in [1.54, 1.807) is 19.1 Å². The molecular formula is C14H14N4O3. The molecule has 3 rings (SSSR count). The number of rotatable bonds is 4. The molecule has 3 aromatic rings. The molecule has 0 bridgehead atoms. The fourth-order valence-corrected chi connectivity index (χ4v) is 2.37. The first kappa shape index (κ1) is 13.3. The molecule has 0 aliphatic carbocycles. The van der Waals surface area contributed by atoms with Crippen molar-refractivity contribution in [3.63, 3.8) is 0 Å². The third-order valence-corrected chi connectivity index (χ3v) is 3.32. The Hall–Kier alpha value is -2.70. The summed E-state index contributed by atoms with van der Waals surface area (Å²) in [6.45, 7) is 4.22. The second-order valence-corrected chi connectivity index (χ2v) is 4.77. The van der Waals surface area contributed by atoms with Crippen LogP contribution in [-0.2, 0) is 13.0 Å². The molecule has 0 fully saturated rings. The average Bonchev–Trinajstić information content (AvgIpc) is 2.98. The van der Waals surface area contributed by atoms with Crippen LogP contribution in [-0.4, -0.2) is 30.8 Å². The molecule has 0 aliphatic heterocycles. The van der Waals surface area contributed by atoms with Crippen molar-refractivity contribution >= 4 is 17.0 Å². The summed E-state index contributed by atoms with van der Waals surface area (Å²) in [5.74, 6) is 0.946. The smallest absolute Gasteiger partial charge is 0.337 e. The fourth-order valence-electron chi connectivity index (χ4n) is 2.37. The standard InChI is InChI=1S/C14H14N4O3/c1-8-15-12(21-17-8)6-7-18-9(2)16-13-10(14(19)20)4-3-5-11(13)18/h3-5H,6-7H2,1-2H3,(H,19,20). The normalized spacial score (nSPS) is 11.1. The number of para-hydroxylation sites is 1. The van der Waals surface area contributed by atoms with Gasteiger partial charge in [-0.1, -0.05) is 11.2 Å². The van der Waals surface area contributed by atoms with Gasteiger partial charge in [-0.05, 0) is 26.0 Å². The van der Waals surface area contributed by atoms with Gasteiger partial charge in [0.25, 0.3) is 0 Å². The molecule has 0 radical (unpaired) electrons. The van der Waals surface area contributed by atoms with Crippen molar-refractivity contribution in [2.24, 2.45) is 0 Å². The SMILES string of the molecule is Cc1noc(CCn2c(C)nc3c(C(=O)O)cccc32)n1. The van der Waals surface area contributed by atoms with Crippen LogP contribution in [0.15, 0.2) is 22.7 Å². The van der Waals surface area contributed by atoms with Crippen LogP contribution in [0.3, 0.4) is 0 Å². The molecule has 1 N–H and O–H groups in total. The fraction of sp³-hybridized carbons (Fsp3) is 0.286. The molecule has 0 atom stereocenters. The predicted octanol–water partition coefficient (Wildman–Crippen LogP) is 1.98. The minimum absolute atomic E-state index is 0.211. The molecule has 0 unspecified atom stereocenters. The van der Waals surface area contributed by atoms with E-state index >= 15 is 0 Å². The first-order chi connectivity index (χ1) is 10.1. The van der Waals surface area contributed by atoms with Gasteiger partial charge in [0, 0.05) is 13.0 Å². The van der Waals surface area contributed by atoms with E-state index in [1.807, 2.05) is 17.6 Å². The van der Waals surface area contributed by atoms with E-state index in [2.05, 4.69) is 15.1 Å². The number of hydrogen-bond donors (Lipinski definition) is 1. The Kier molecular flexibility index (Phi) is 3.17. The number of carbonyl (C=O) groups is 1. The van der Waals surface area contributed by atoms with Gasteiger partial charge in [0.2, 0.25) is 5.89 Å². The summed E-state index contributed by atoms with van der Waals surface area (Å²) in [6.07, 6.45) is 0.574. The molecule has 0 aliphatic rings. The quantitative estimate of drug-likeness (QED) is 0.788. The van der Waals surface area contributed by atoms with Gasteiger partial charge in [-0.15, -0.1) is 0 Å². The maximum Gasteiger partial charge on any atom is 0.337 e. The zero-order chi connectivity index (χ0) is 15.0. The van der Waals surface area contributed by atoms with Gasteiger partial charge in [-0.25, -0.2) is 9.78 Å². The summed E-state index contributed by atoms with van der Waals surface area (Å²) < 4.78 is 7.05. The topological polar surface area (TPSA) is 94.0 Å². The minimum atomic E-state index is -0.974. The molecule has 21 heavy (non-hydrogen) atoms. The molecule has 0 spiro atoms. The zero-order valence-electron chi connectivity index (χ0n) is 11.7. The van der Waals surface area contributed by atoms with Crippen LogP contribution < -0.4 is 0 Å². The van der Waals surface area contributed by atoms with Crippen LogP contribution >= 0.6 is 0 Å². The largest absolute Gasteiger partial charge is 0.478 e. The highest BCUT2D eigenvalue weighted by molar-refractivity contribution is 6.01. The summed E-state index contributed by atoms with van der Waals surface area (Å²) in [6, 6.07) is 5.14. The third kappa shape index (κ3) is 2.37.